The first-order chi connectivity index (χ1) is 7.79. The lowest BCUT2D eigenvalue weighted by atomic mass is 9.65. The van der Waals surface area contributed by atoms with Gasteiger partial charge in [-0.3, -0.25) is 0 Å². The van der Waals surface area contributed by atoms with E-state index in [1.54, 1.807) is 6.92 Å². The Kier molecular flexibility index (Phi) is 2.64. The molecule has 1 aliphatic carbocycles. The summed E-state index contributed by atoms with van der Waals surface area (Å²) in [5.41, 5.74) is 1.72. The standard InChI is InChI=1S/C15H22O2/c1-10-6-7-11(13(17)12(10)16)15(4)9-5-8-14(15,2)3/h6-7,16-17H,5,8-9H2,1-4H3. The van der Waals surface area contributed by atoms with E-state index in [0.29, 0.717) is 0 Å². The van der Waals surface area contributed by atoms with Crippen molar-refractivity contribution in [2.75, 3.05) is 0 Å². The average Bonchev–Trinajstić information content (AvgIpc) is 2.51. The summed E-state index contributed by atoms with van der Waals surface area (Å²) in [6.07, 6.45) is 3.41. The predicted molar refractivity (Wildman–Crippen MR) is 69.5 cm³/mol. The van der Waals surface area contributed by atoms with E-state index in [4.69, 9.17) is 0 Å². The van der Waals surface area contributed by atoms with E-state index in [9.17, 15) is 10.2 Å². The van der Waals surface area contributed by atoms with Crippen molar-refractivity contribution < 1.29 is 10.2 Å². The fourth-order valence-corrected chi connectivity index (χ4v) is 3.12. The van der Waals surface area contributed by atoms with Gasteiger partial charge in [-0.2, -0.15) is 0 Å². The van der Waals surface area contributed by atoms with Crippen LogP contribution >= 0.6 is 0 Å². The predicted octanol–water partition coefficient (Wildman–Crippen LogP) is 3.87. The summed E-state index contributed by atoms with van der Waals surface area (Å²) in [6.45, 7) is 8.50. The molecule has 0 spiro atoms. The van der Waals surface area contributed by atoms with Crippen molar-refractivity contribution in [1.82, 2.24) is 0 Å². The third-order valence-corrected chi connectivity index (χ3v) is 4.92. The maximum absolute atomic E-state index is 10.2. The van der Waals surface area contributed by atoms with Crippen molar-refractivity contribution in [2.24, 2.45) is 5.41 Å². The molecule has 2 N–H and O–H groups in total. The highest BCUT2D eigenvalue weighted by atomic mass is 16.3. The normalized spacial score (nSPS) is 27.3. The van der Waals surface area contributed by atoms with Crippen LogP contribution in [0.5, 0.6) is 11.5 Å². The van der Waals surface area contributed by atoms with Crippen LogP contribution < -0.4 is 0 Å². The van der Waals surface area contributed by atoms with Crippen LogP contribution in [0.4, 0.5) is 0 Å². The number of hydrogen-bond acceptors (Lipinski definition) is 2. The molecule has 1 saturated carbocycles. The van der Waals surface area contributed by atoms with Gasteiger partial charge in [0, 0.05) is 11.0 Å². The molecule has 2 nitrogen and oxygen atoms in total. The van der Waals surface area contributed by atoms with Gasteiger partial charge in [0.1, 0.15) is 0 Å². The Morgan fingerprint density at radius 1 is 1.00 bits per heavy atom. The zero-order valence-electron chi connectivity index (χ0n) is 11.2. The topological polar surface area (TPSA) is 40.5 Å². The first-order valence-electron chi connectivity index (χ1n) is 6.32. The van der Waals surface area contributed by atoms with Crippen LogP contribution in [0.2, 0.25) is 0 Å². The van der Waals surface area contributed by atoms with E-state index in [2.05, 4.69) is 20.8 Å². The molecule has 0 aliphatic heterocycles. The van der Waals surface area contributed by atoms with E-state index >= 15 is 0 Å². The van der Waals surface area contributed by atoms with Crippen molar-refractivity contribution >= 4 is 0 Å². The molecular formula is C15H22O2. The maximum atomic E-state index is 10.2. The minimum Gasteiger partial charge on any atom is -0.504 e. The molecule has 2 rings (SSSR count). The van der Waals surface area contributed by atoms with Gasteiger partial charge < -0.3 is 10.2 Å². The van der Waals surface area contributed by atoms with Crippen LogP contribution in [-0.4, -0.2) is 10.2 Å². The molecule has 0 saturated heterocycles. The lowest BCUT2D eigenvalue weighted by Crippen LogP contribution is -2.34. The second-order valence-corrected chi connectivity index (χ2v) is 6.20. The minimum absolute atomic E-state index is 0.0337. The van der Waals surface area contributed by atoms with Crippen molar-refractivity contribution in [3.8, 4) is 11.5 Å². The third kappa shape index (κ3) is 1.62. The Labute approximate surface area is 103 Å². The van der Waals surface area contributed by atoms with Gasteiger partial charge >= 0.3 is 0 Å². The van der Waals surface area contributed by atoms with Gasteiger partial charge in [-0.15, -0.1) is 0 Å². The van der Waals surface area contributed by atoms with Crippen LogP contribution in [0.15, 0.2) is 12.1 Å². The molecule has 0 amide bonds. The van der Waals surface area contributed by atoms with Crippen molar-refractivity contribution in [3.05, 3.63) is 23.3 Å². The lowest BCUT2D eigenvalue weighted by Gasteiger charge is -2.39. The van der Waals surface area contributed by atoms with E-state index in [0.717, 1.165) is 24.0 Å². The number of aromatic hydroxyl groups is 2. The first-order valence-corrected chi connectivity index (χ1v) is 6.32. The summed E-state index contributed by atoms with van der Waals surface area (Å²) >= 11 is 0. The molecule has 0 heterocycles. The second-order valence-electron chi connectivity index (χ2n) is 6.20. The zero-order chi connectivity index (χ0) is 12.8. The number of phenols is 2. The maximum Gasteiger partial charge on any atom is 0.161 e. The molecule has 1 unspecified atom stereocenters. The average molecular weight is 234 g/mol. The summed E-state index contributed by atoms with van der Waals surface area (Å²) in [7, 11) is 0. The summed E-state index contributed by atoms with van der Waals surface area (Å²) < 4.78 is 0. The summed E-state index contributed by atoms with van der Waals surface area (Å²) in [5, 5.41) is 20.1. The molecule has 0 bridgehead atoms. The van der Waals surface area contributed by atoms with Crippen molar-refractivity contribution in [1.29, 1.82) is 0 Å². The molecular weight excluding hydrogens is 212 g/mol. The molecule has 0 aromatic heterocycles. The van der Waals surface area contributed by atoms with Crippen LogP contribution in [0.3, 0.4) is 0 Å². The van der Waals surface area contributed by atoms with Gasteiger partial charge in [0.15, 0.2) is 11.5 Å². The van der Waals surface area contributed by atoms with Crippen LogP contribution in [-0.2, 0) is 5.41 Å². The van der Waals surface area contributed by atoms with Crippen LogP contribution in [0, 0.1) is 12.3 Å². The molecule has 0 radical (unpaired) electrons. The van der Waals surface area contributed by atoms with Gasteiger partial charge in [-0.1, -0.05) is 39.3 Å². The zero-order valence-corrected chi connectivity index (χ0v) is 11.2. The number of aryl methyl sites for hydroxylation is 1. The highest BCUT2D eigenvalue weighted by Crippen LogP contribution is 2.56. The summed E-state index contributed by atoms with van der Waals surface area (Å²) in [4.78, 5) is 0. The molecule has 1 aromatic carbocycles. The third-order valence-electron chi connectivity index (χ3n) is 4.92. The van der Waals surface area contributed by atoms with Gasteiger partial charge in [0.2, 0.25) is 0 Å². The van der Waals surface area contributed by atoms with Crippen molar-refractivity contribution in [2.45, 2.75) is 52.4 Å². The lowest BCUT2D eigenvalue weighted by molar-refractivity contribution is 0.217. The van der Waals surface area contributed by atoms with E-state index in [1.165, 1.54) is 6.42 Å². The minimum atomic E-state index is -0.0533. The number of benzene rings is 1. The summed E-state index contributed by atoms with van der Waals surface area (Å²) in [5.74, 6) is 0.105. The highest BCUT2D eigenvalue weighted by molar-refractivity contribution is 5.53. The molecule has 1 fully saturated rings. The molecule has 94 valence electrons. The molecule has 17 heavy (non-hydrogen) atoms. The van der Waals surface area contributed by atoms with Crippen LogP contribution in [0.25, 0.3) is 0 Å². The second kappa shape index (κ2) is 3.66. The van der Waals surface area contributed by atoms with Gasteiger partial charge in [0.25, 0.3) is 0 Å². The highest BCUT2D eigenvalue weighted by Gasteiger charge is 2.47. The van der Waals surface area contributed by atoms with E-state index in [1.807, 2.05) is 12.1 Å². The van der Waals surface area contributed by atoms with E-state index in [-0.39, 0.29) is 22.3 Å². The van der Waals surface area contributed by atoms with Gasteiger partial charge in [-0.05, 0) is 30.7 Å². The Bertz CT molecular complexity index is 448. The number of phenolic OH excluding ortho intramolecular Hbond substituents is 2. The Morgan fingerprint density at radius 2 is 1.65 bits per heavy atom. The fourth-order valence-electron chi connectivity index (χ4n) is 3.12. The van der Waals surface area contributed by atoms with Crippen molar-refractivity contribution in [3.63, 3.8) is 0 Å². The quantitative estimate of drug-likeness (QED) is 0.724. The Hall–Kier alpha value is -1.18. The molecule has 1 aromatic rings. The molecule has 2 heteroatoms. The Morgan fingerprint density at radius 3 is 2.18 bits per heavy atom. The number of hydrogen-bond donors (Lipinski definition) is 2. The van der Waals surface area contributed by atoms with Gasteiger partial charge in [0.05, 0.1) is 0 Å². The van der Waals surface area contributed by atoms with E-state index < -0.39 is 0 Å². The first kappa shape index (κ1) is 12.3. The summed E-state index contributed by atoms with van der Waals surface area (Å²) in [6, 6.07) is 3.86. The van der Waals surface area contributed by atoms with Crippen LogP contribution in [0.1, 0.15) is 51.2 Å². The molecule has 1 atom stereocenters. The fraction of sp³-hybridized carbons (Fsp3) is 0.600. The SMILES string of the molecule is Cc1ccc(C2(C)CCCC2(C)C)c(O)c1O. The number of rotatable bonds is 1. The van der Waals surface area contributed by atoms with Gasteiger partial charge in [-0.25, -0.2) is 0 Å². The monoisotopic (exact) mass is 234 g/mol. The Balaban J connectivity index is 2.58. The smallest absolute Gasteiger partial charge is 0.161 e. The largest absolute Gasteiger partial charge is 0.504 e. The molecule has 1 aliphatic rings.